The molecule has 2 saturated heterocycles. The van der Waals surface area contributed by atoms with Gasteiger partial charge in [-0.05, 0) is 51.0 Å². The molecule has 10 heteroatoms. The number of urea groups is 1. The lowest BCUT2D eigenvalue weighted by Gasteiger charge is -2.38. The Morgan fingerprint density at radius 2 is 1.92 bits per heavy atom. The quantitative estimate of drug-likeness (QED) is 0.630. The monoisotopic (exact) mass is 496 g/mol. The van der Waals surface area contributed by atoms with E-state index >= 15 is 0 Å². The second-order valence-electron chi connectivity index (χ2n) is 9.49. The number of rotatable bonds is 6. The van der Waals surface area contributed by atoms with Gasteiger partial charge >= 0.3 is 6.03 Å². The summed E-state index contributed by atoms with van der Waals surface area (Å²) in [5.74, 6) is 1.71. The van der Waals surface area contributed by atoms with E-state index < -0.39 is 0 Å². The molecule has 36 heavy (non-hydrogen) atoms. The Bertz CT molecular complexity index is 1040. The minimum absolute atomic E-state index is 0.176. The maximum absolute atomic E-state index is 11.9. The number of fused-ring (bicyclic) bond motifs is 1. The predicted octanol–water partition coefficient (Wildman–Crippen LogP) is 2.63. The van der Waals surface area contributed by atoms with Gasteiger partial charge < -0.3 is 29.7 Å². The summed E-state index contributed by atoms with van der Waals surface area (Å²) in [6.45, 7) is 10.7. The number of hydrogen-bond acceptors (Lipinski definition) is 8. The Labute approximate surface area is 212 Å². The molecule has 1 aromatic carbocycles. The van der Waals surface area contributed by atoms with Gasteiger partial charge in [0.15, 0.2) is 12.1 Å². The van der Waals surface area contributed by atoms with Gasteiger partial charge in [-0.25, -0.2) is 14.8 Å². The van der Waals surface area contributed by atoms with Crippen LogP contribution in [-0.2, 0) is 27.2 Å². The van der Waals surface area contributed by atoms with Gasteiger partial charge in [0, 0.05) is 49.5 Å². The molecule has 0 bridgehead atoms. The van der Waals surface area contributed by atoms with Crippen molar-refractivity contribution in [3.05, 3.63) is 35.5 Å². The summed E-state index contributed by atoms with van der Waals surface area (Å²) in [5, 5.41) is 5.58. The number of anilines is 2. The van der Waals surface area contributed by atoms with E-state index in [1.807, 2.05) is 31.2 Å². The number of aromatic nitrogens is 2. The fourth-order valence-corrected chi connectivity index (χ4v) is 4.92. The molecule has 2 N–H and O–H groups in total. The number of benzene rings is 1. The summed E-state index contributed by atoms with van der Waals surface area (Å²) in [6, 6.07) is 7.71. The van der Waals surface area contributed by atoms with Gasteiger partial charge in [-0.3, -0.25) is 4.90 Å². The van der Waals surface area contributed by atoms with E-state index in [4.69, 9.17) is 24.2 Å². The normalized spacial score (nSPS) is 21.2. The molecule has 1 aromatic heterocycles. The van der Waals surface area contributed by atoms with Crippen molar-refractivity contribution >= 4 is 17.5 Å². The number of morpholine rings is 1. The highest BCUT2D eigenvalue weighted by Gasteiger charge is 2.30. The number of ether oxygens (including phenoxy) is 3. The molecule has 4 heterocycles. The summed E-state index contributed by atoms with van der Waals surface area (Å²) >= 11 is 0. The number of hydrogen-bond donors (Lipinski definition) is 2. The third-order valence-electron chi connectivity index (χ3n) is 6.80. The van der Waals surface area contributed by atoms with Crippen molar-refractivity contribution < 1.29 is 19.0 Å². The van der Waals surface area contributed by atoms with Crippen LogP contribution in [0.25, 0.3) is 11.4 Å². The summed E-state index contributed by atoms with van der Waals surface area (Å²) < 4.78 is 17.3. The van der Waals surface area contributed by atoms with E-state index in [1.54, 1.807) is 0 Å². The van der Waals surface area contributed by atoms with Gasteiger partial charge in [0.1, 0.15) is 5.82 Å². The van der Waals surface area contributed by atoms with E-state index in [1.165, 1.54) is 5.56 Å². The maximum Gasteiger partial charge on any atom is 0.319 e. The maximum atomic E-state index is 11.9. The van der Waals surface area contributed by atoms with Crippen LogP contribution in [0.3, 0.4) is 0 Å². The summed E-state index contributed by atoms with van der Waals surface area (Å²) in [6.07, 6.45) is 1.66. The first-order chi connectivity index (χ1) is 17.6. The van der Waals surface area contributed by atoms with Crippen LogP contribution in [0.5, 0.6) is 0 Å². The lowest BCUT2D eigenvalue weighted by atomic mass is 10.0. The molecule has 0 spiro atoms. The van der Waals surface area contributed by atoms with Gasteiger partial charge in [-0.2, -0.15) is 0 Å². The number of amides is 2. The van der Waals surface area contributed by atoms with Gasteiger partial charge in [0.05, 0.1) is 38.2 Å². The highest BCUT2D eigenvalue weighted by Crippen LogP contribution is 2.32. The molecular weight excluding hydrogens is 460 g/mol. The van der Waals surface area contributed by atoms with Crippen LogP contribution in [-0.4, -0.2) is 85.8 Å². The van der Waals surface area contributed by atoms with Gasteiger partial charge in [-0.15, -0.1) is 0 Å². The minimum atomic E-state index is -0.218. The first-order valence-electron chi connectivity index (χ1n) is 13.0. The topological polar surface area (TPSA) is 101 Å². The molecule has 0 saturated carbocycles. The lowest BCUT2D eigenvalue weighted by Crippen LogP contribution is -2.46. The van der Waals surface area contributed by atoms with E-state index in [0.717, 1.165) is 75.0 Å². The van der Waals surface area contributed by atoms with Gasteiger partial charge in [0.2, 0.25) is 0 Å². The van der Waals surface area contributed by atoms with Crippen molar-refractivity contribution in [2.24, 2.45) is 0 Å². The molecular formula is C26H36N6O4. The zero-order chi connectivity index (χ0) is 24.9. The Balaban J connectivity index is 1.42. The molecule has 2 fully saturated rings. The lowest BCUT2D eigenvalue weighted by molar-refractivity contribution is -0.187. The molecule has 5 rings (SSSR count). The first kappa shape index (κ1) is 24.9. The predicted molar refractivity (Wildman–Crippen MR) is 137 cm³/mol. The second kappa shape index (κ2) is 11.5. The third kappa shape index (κ3) is 5.78. The smallest absolute Gasteiger partial charge is 0.319 e. The van der Waals surface area contributed by atoms with Gasteiger partial charge in [-0.1, -0.05) is 0 Å². The number of carbonyl (C=O) groups excluding carboxylic acids is 1. The second-order valence-corrected chi connectivity index (χ2v) is 9.49. The zero-order valence-corrected chi connectivity index (χ0v) is 21.2. The number of carbonyl (C=O) groups is 1. The molecule has 2 aromatic rings. The molecule has 3 aliphatic rings. The van der Waals surface area contributed by atoms with Crippen molar-refractivity contribution in [2.75, 3.05) is 62.8 Å². The van der Waals surface area contributed by atoms with Crippen molar-refractivity contribution in [2.45, 2.75) is 45.6 Å². The Kier molecular flexibility index (Phi) is 7.96. The van der Waals surface area contributed by atoms with Crippen LogP contribution < -0.4 is 15.5 Å². The summed E-state index contributed by atoms with van der Waals surface area (Å²) in [5.41, 5.74) is 3.92. The summed E-state index contributed by atoms with van der Waals surface area (Å²) in [4.78, 5) is 26.7. The molecule has 0 radical (unpaired) electrons. The van der Waals surface area contributed by atoms with Crippen LogP contribution in [0.4, 0.5) is 16.3 Å². The average Bonchev–Trinajstić information content (AvgIpc) is 2.89. The Hall–Kier alpha value is -2.79. The van der Waals surface area contributed by atoms with E-state index in [9.17, 15) is 4.79 Å². The standard InChI is InChI=1S/C26H36N6O4/c1-3-27-26(33)28-20-7-5-19(6-8-20)24-29-22-15-31(16-23-35-12-4-13-36-23)10-9-21(22)25(30-24)32-11-14-34-17-18(32)2/h5-8,18,23H,3-4,9-17H2,1-2H3,(H2,27,28,33)/t18-/m0/s1. The highest BCUT2D eigenvalue weighted by molar-refractivity contribution is 5.89. The van der Waals surface area contributed by atoms with E-state index in [0.29, 0.717) is 25.6 Å². The third-order valence-corrected chi connectivity index (χ3v) is 6.80. The number of nitrogens with zero attached hydrogens (tertiary/aromatic N) is 4. The van der Waals surface area contributed by atoms with Crippen LogP contribution >= 0.6 is 0 Å². The Morgan fingerprint density at radius 3 is 2.67 bits per heavy atom. The van der Waals surface area contributed by atoms with Crippen molar-refractivity contribution in [3.8, 4) is 11.4 Å². The van der Waals surface area contributed by atoms with E-state index in [-0.39, 0.29) is 18.4 Å². The molecule has 0 aliphatic carbocycles. The molecule has 3 aliphatic heterocycles. The highest BCUT2D eigenvalue weighted by atomic mass is 16.7. The largest absolute Gasteiger partial charge is 0.377 e. The van der Waals surface area contributed by atoms with Crippen molar-refractivity contribution in [3.63, 3.8) is 0 Å². The van der Waals surface area contributed by atoms with Crippen molar-refractivity contribution in [1.82, 2.24) is 20.2 Å². The molecule has 2 amide bonds. The molecule has 1 atom stereocenters. The zero-order valence-electron chi connectivity index (χ0n) is 21.2. The van der Waals surface area contributed by atoms with Crippen LogP contribution in [0, 0.1) is 0 Å². The molecule has 10 nitrogen and oxygen atoms in total. The molecule has 194 valence electrons. The van der Waals surface area contributed by atoms with Crippen LogP contribution in [0.2, 0.25) is 0 Å². The minimum Gasteiger partial charge on any atom is -0.377 e. The van der Waals surface area contributed by atoms with E-state index in [2.05, 4.69) is 27.4 Å². The molecule has 0 unspecified atom stereocenters. The number of nitrogens with one attached hydrogen (secondary N) is 2. The van der Waals surface area contributed by atoms with Gasteiger partial charge in [0.25, 0.3) is 0 Å². The van der Waals surface area contributed by atoms with Crippen molar-refractivity contribution in [1.29, 1.82) is 0 Å². The fourth-order valence-electron chi connectivity index (χ4n) is 4.92. The summed E-state index contributed by atoms with van der Waals surface area (Å²) in [7, 11) is 0. The van der Waals surface area contributed by atoms with Crippen LogP contribution in [0.1, 0.15) is 31.5 Å². The average molecular weight is 497 g/mol. The Morgan fingerprint density at radius 1 is 1.11 bits per heavy atom. The SMILES string of the molecule is CCNC(=O)Nc1ccc(-c2nc3c(c(N4CCOC[C@@H]4C)n2)CCN(CC2OCCCO2)C3)cc1. The first-order valence-corrected chi connectivity index (χ1v) is 13.0. The van der Waals surface area contributed by atoms with Crippen LogP contribution in [0.15, 0.2) is 24.3 Å². The fraction of sp³-hybridized carbons (Fsp3) is 0.577.